The van der Waals surface area contributed by atoms with Gasteiger partial charge >= 0.3 is 0 Å². The molecule has 0 unspecified atom stereocenters. The van der Waals surface area contributed by atoms with Crippen LogP contribution in [0.3, 0.4) is 0 Å². The fraction of sp³-hybridized carbons (Fsp3) is 0.480. The SMILES string of the molecule is CCS(=O)(=O)NC(=O)c1cc(C2CC2)c(OCC2(C)CN([C@@H](C)c3cc(Cl)cc(Cl)c3)C2)cc1F. The quantitative estimate of drug-likeness (QED) is 0.449. The maximum atomic E-state index is 14.8. The molecule has 2 fully saturated rings. The highest BCUT2D eigenvalue weighted by atomic mass is 35.5. The van der Waals surface area contributed by atoms with E-state index in [1.807, 2.05) is 16.9 Å². The Labute approximate surface area is 215 Å². The molecule has 2 aromatic carbocycles. The molecule has 1 aliphatic carbocycles. The van der Waals surface area contributed by atoms with Gasteiger partial charge in [-0.3, -0.25) is 9.69 Å². The Morgan fingerprint density at radius 2 is 1.83 bits per heavy atom. The van der Waals surface area contributed by atoms with Gasteiger partial charge in [0.05, 0.1) is 17.9 Å². The average Bonchev–Trinajstić information content (AvgIpc) is 3.59. The van der Waals surface area contributed by atoms with Crippen molar-refractivity contribution >= 4 is 39.1 Å². The van der Waals surface area contributed by atoms with Crippen molar-refractivity contribution < 1.29 is 22.3 Å². The molecule has 6 nitrogen and oxygen atoms in total. The molecule has 35 heavy (non-hydrogen) atoms. The Hall–Kier alpha value is -1.87. The number of likely N-dealkylation sites (tertiary alicyclic amines) is 1. The van der Waals surface area contributed by atoms with Crippen molar-refractivity contribution in [3.8, 4) is 5.75 Å². The molecule has 0 spiro atoms. The first kappa shape index (κ1) is 26.2. The van der Waals surface area contributed by atoms with Gasteiger partial charge in [0.15, 0.2) is 0 Å². The number of ether oxygens (including phenoxy) is 1. The maximum Gasteiger partial charge on any atom is 0.267 e. The summed E-state index contributed by atoms with van der Waals surface area (Å²) in [6.07, 6.45) is 1.84. The third-order valence-electron chi connectivity index (χ3n) is 6.65. The molecule has 1 atom stereocenters. The molecule has 1 saturated heterocycles. The van der Waals surface area contributed by atoms with E-state index in [1.54, 1.807) is 6.07 Å². The molecule has 10 heteroatoms. The van der Waals surface area contributed by atoms with Crippen LogP contribution in [0.25, 0.3) is 0 Å². The summed E-state index contributed by atoms with van der Waals surface area (Å²) in [5.74, 6) is -1.45. The average molecular weight is 543 g/mol. The smallest absolute Gasteiger partial charge is 0.267 e. The Kier molecular flexibility index (Phi) is 7.40. The summed E-state index contributed by atoms with van der Waals surface area (Å²) in [5.41, 5.74) is 1.38. The Morgan fingerprint density at radius 3 is 2.40 bits per heavy atom. The summed E-state index contributed by atoms with van der Waals surface area (Å²) < 4.78 is 46.3. The van der Waals surface area contributed by atoms with Crippen LogP contribution in [0, 0.1) is 11.2 Å². The van der Waals surface area contributed by atoms with Gasteiger partial charge < -0.3 is 4.74 Å². The summed E-state index contributed by atoms with van der Waals surface area (Å²) in [6.45, 7) is 7.59. The van der Waals surface area contributed by atoms with E-state index < -0.39 is 21.7 Å². The molecule has 4 rings (SSSR count). The minimum absolute atomic E-state index is 0.126. The van der Waals surface area contributed by atoms with Crippen LogP contribution in [0.1, 0.15) is 67.1 Å². The van der Waals surface area contributed by atoms with Gasteiger partial charge in [0.1, 0.15) is 11.6 Å². The summed E-state index contributed by atoms with van der Waals surface area (Å²) >= 11 is 12.3. The van der Waals surface area contributed by atoms with E-state index in [2.05, 4.69) is 18.7 Å². The number of nitrogens with zero attached hydrogens (tertiary/aromatic N) is 1. The largest absolute Gasteiger partial charge is 0.493 e. The van der Waals surface area contributed by atoms with Gasteiger partial charge in [-0.15, -0.1) is 0 Å². The number of hydrogen-bond acceptors (Lipinski definition) is 5. The monoisotopic (exact) mass is 542 g/mol. The van der Waals surface area contributed by atoms with Crippen molar-refractivity contribution in [2.75, 3.05) is 25.4 Å². The number of carbonyl (C=O) groups is 1. The van der Waals surface area contributed by atoms with E-state index in [0.717, 1.165) is 37.1 Å². The minimum Gasteiger partial charge on any atom is -0.493 e. The van der Waals surface area contributed by atoms with Gasteiger partial charge in [0.2, 0.25) is 10.0 Å². The van der Waals surface area contributed by atoms with Crippen molar-refractivity contribution in [1.29, 1.82) is 0 Å². The zero-order valence-electron chi connectivity index (χ0n) is 19.9. The van der Waals surface area contributed by atoms with Gasteiger partial charge in [-0.1, -0.05) is 30.1 Å². The number of amides is 1. The Balaban J connectivity index is 1.43. The first-order chi connectivity index (χ1) is 16.4. The molecule has 190 valence electrons. The number of sulfonamides is 1. The van der Waals surface area contributed by atoms with Crippen molar-refractivity contribution in [1.82, 2.24) is 9.62 Å². The van der Waals surface area contributed by atoms with Gasteiger partial charge in [-0.2, -0.15) is 0 Å². The second kappa shape index (κ2) is 9.88. The van der Waals surface area contributed by atoms with E-state index in [9.17, 15) is 17.6 Å². The highest BCUT2D eigenvalue weighted by molar-refractivity contribution is 7.90. The van der Waals surface area contributed by atoms with Crippen LogP contribution in [-0.4, -0.2) is 44.7 Å². The first-order valence-electron chi connectivity index (χ1n) is 11.6. The van der Waals surface area contributed by atoms with E-state index in [4.69, 9.17) is 27.9 Å². The van der Waals surface area contributed by atoms with Crippen LogP contribution >= 0.6 is 23.2 Å². The van der Waals surface area contributed by atoms with Crippen LogP contribution in [-0.2, 0) is 10.0 Å². The number of hydrogen-bond donors (Lipinski definition) is 1. The van der Waals surface area contributed by atoms with Crippen molar-refractivity contribution in [3.63, 3.8) is 0 Å². The topological polar surface area (TPSA) is 75.7 Å². The summed E-state index contributed by atoms with van der Waals surface area (Å²) in [7, 11) is -3.79. The Morgan fingerprint density at radius 1 is 1.20 bits per heavy atom. The number of carbonyl (C=O) groups excluding carboxylic acids is 1. The zero-order chi connectivity index (χ0) is 25.5. The van der Waals surface area contributed by atoms with Gasteiger partial charge in [0.25, 0.3) is 5.91 Å². The second-order valence-corrected chi connectivity index (χ2v) is 12.7. The number of halogens is 3. The molecule has 0 bridgehead atoms. The molecular formula is C25H29Cl2FN2O4S. The lowest BCUT2D eigenvalue weighted by Crippen LogP contribution is -2.57. The second-order valence-electron chi connectivity index (χ2n) is 9.86. The van der Waals surface area contributed by atoms with Crippen molar-refractivity contribution in [2.24, 2.45) is 5.41 Å². The van der Waals surface area contributed by atoms with Crippen LogP contribution in [0.2, 0.25) is 10.0 Å². The van der Waals surface area contributed by atoms with Crippen molar-refractivity contribution in [2.45, 2.75) is 45.6 Å². The predicted octanol–water partition coefficient (Wildman–Crippen LogP) is 5.55. The third-order valence-corrected chi connectivity index (χ3v) is 8.34. The highest BCUT2D eigenvalue weighted by Gasteiger charge is 2.42. The zero-order valence-corrected chi connectivity index (χ0v) is 22.2. The van der Waals surface area contributed by atoms with Crippen LogP contribution in [0.5, 0.6) is 5.75 Å². The Bertz CT molecular complexity index is 1220. The molecular weight excluding hydrogens is 514 g/mol. The van der Waals surface area contributed by atoms with Crippen LogP contribution in [0.15, 0.2) is 30.3 Å². The molecule has 2 aliphatic rings. The molecule has 1 amide bonds. The van der Waals surface area contributed by atoms with Crippen molar-refractivity contribution in [3.05, 3.63) is 62.9 Å². The maximum absolute atomic E-state index is 14.8. The molecule has 2 aromatic rings. The first-order valence-corrected chi connectivity index (χ1v) is 14.0. The molecule has 0 radical (unpaired) electrons. The summed E-state index contributed by atoms with van der Waals surface area (Å²) in [6, 6.07) is 8.31. The number of nitrogens with one attached hydrogen (secondary N) is 1. The predicted molar refractivity (Wildman–Crippen MR) is 135 cm³/mol. The van der Waals surface area contributed by atoms with Gasteiger partial charge in [0, 0.05) is 40.7 Å². The number of rotatable bonds is 9. The van der Waals surface area contributed by atoms with Gasteiger partial charge in [-0.05, 0) is 68.0 Å². The highest BCUT2D eigenvalue weighted by Crippen LogP contribution is 2.46. The van der Waals surface area contributed by atoms with E-state index >= 15 is 0 Å². The normalized spacial score (nSPS) is 18.6. The molecule has 1 heterocycles. The molecule has 0 aromatic heterocycles. The lowest BCUT2D eigenvalue weighted by Gasteiger charge is -2.50. The number of benzene rings is 2. The van der Waals surface area contributed by atoms with Crippen LogP contribution < -0.4 is 9.46 Å². The van der Waals surface area contributed by atoms with Crippen LogP contribution in [0.4, 0.5) is 4.39 Å². The van der Waals surface area contributed by atoms with Gasteiger partial charge in [-0.25, -0.2) is 17.5 Å². The van der Waals surface area contributed by atoms with E-state index in [1.165, 1.54) is 19.1 Å². The fourth-order valence-electron chi connectivity index (χ4n) is 4.43. The fourth-order valence-corrected chi connectivity index (χ4v) is 5.51. The standard InChI is InChI=1S/C25H29Cl2FN2O4S/c1-4-35(32,33)29-24(31)21-10-20(16-5-6-16)23(11-22(21)28)34-14-25(3)12-30(13-25)15(2)17-7-18(26)9-19(27)8-17/h7-11,15-16H,4-6,12-14H2,1-3H3,(H,29,31)/t15-/m0/s1. The van der Waals surface area contributed by atoms with E-state index in [-0.39, 0.29) is 28.7 Å². The molecule has 1 N–H and O–H groups in total. The minimum atomic E-state index is -3.79. The third kappa shape index (κ3) is 6.10. The lowest BCUT2D eigenvalue weighted by molar-refractivity contribution is -0.0429. The summed E-state index contributed by atoms with van der Waals surface area (Å²) in [5, 5.41) is 1.20. The molecule has 1 aliphatic heterocycles. The summed E-state index contributed by atoms with van der Waals surface area (Å²) in [4.78, 5) is 14.7. The lowest BCUT2D eigenvalue weighted by atomic mass is 9.81. The van der Waals surface area contributed by atoms with E-state index in [0.29, 0.717) is 22.4 Å². The molecule has 1 saturated carbocycles.